The SMILES string of the molecule is COC1OC=C2C(=O)O[C@@H]3C(=O)[C@](C)(O)[C@@H]1[C@@H]23. The first-order chi connectivity index (χ1) is 7.98. The van der Waals surface area contributed by atoms with E-state index in [1.807, 2.05) is 0 Å². The van der Waals surface area contributed by atoms with Crippen LogP contribution in [-0.4, -0.2) is 42.0 Å². The molecule has 0 aromatic rings. The van der Waals surface area contributed by atoms with Crippen LogP contribution >= 0.6 is 0 Å². The van der Waals surface area contributed by atoms with Crippen molar-refractivity contribution in [1.82, 2.24) is 0 Å². The predicted molar refractivity (Wildman–Crippen MR) is 52.5 cm³/mol. The fraction of sp³-hybridized carbons (Fsp3) is 0.636. The van der Waals surface area contributed by atoms with E-state index in [1.54, 1.807) is 0 Å². The summed E-state index contributed by atoms with van der Waals surface area (Å²) >= 11 is 0. The summed E-state index contributed by atoms with van der Waals surface area (Å²) in [4.78, 5) is 23.5. The topological polar surface area (TPSA) is 82.1 Å². The first-order valence-corrected chi connectivity index (χ1v) is 5.34. The summed E-state index contributed by atoms with van der Waals surface area (Å²) in [5.41, 5.74) is -1.30. The number of rotatable bonds is 1. The lowest BCUT2D eigenvalue weighted by atomic mass is 9.81. The van der Waals surface area contributed by atoms with Gasteiger partial charge in [-0.25, -0.2) is 4.79 Å². The molecule has 5 atom stereocenters. The average molecular weight is 240 g/mol. The standard InChI is InChI=1S/C11H12O6/c1-11(14)6-5-4(3-16-10(6)15-2)9(13)17-7(5)8(11)12/h3,5-7,10,14H,1-2H3/t5-,6-,7+,10?,11-/m1/s1. The van der Waals surface area contributed by atoms with Crippen molar-refractivity contribution in [3.8, 4) is 0 Å². The molecular formula is C11H12O6. The number of methoxy groups -OCH3 is 1. The van der Waals surface area contributed by atoms with E-state index in [9.17, 15) is 14.7 Å². The second-order valence-corrected chi connectivity index (χ2v) is 4.70. The largest absolute Gasteiger partial charge is 0.472 e. The molecule has 1 unspecified atom stereocenters. The van der Waals surface area contributed by atoms with E-state index in [0.717, 1.165) is 0 Å². The van der Waals surface area contributed by atoms with E-state index in [2.05, 4.69) is 0 Å². The Morgan fingerprint density at radius 1 is 1.47 bits per heavy atom. The maximum Gasteiger partial charge on any atom is 0.338 e. The highest BCUT2D eigenvalue weighted by molar-refractivity contribution is 6.03. The third-order valence-corrected chi connectivity index (χ3v) is 3.80. The van der Waals surface area contributed by atoms with Crippen molar-refractivity contribution in [2.75, 3.05) is 7.11 Å². The van der Waals surface area contributed by atoms with Gasteiger partial charge in [-0.15, -0.1) is 0 Å². The number of carbonyl (C=O) groups excluding carboxylic acids is 2. The second-order valence-electron chi connectivity index (χ2n) is 4.70. The highest BCUT2D eigenvalue weighted by atomic mass is 16.7. The van der Waals surface area contributed by atoms with Gasteiger partial charge in [0.2, 0.25) is 12.1 Å². The van der Waals surface area contributed by atoms with Gasteiger partial charge in [0.15, 0.2) is 6.10 Å². The highest BCUT2D eigenvalue weighted by Crippen LogP contribution is 2.51. The summed E-state index contributed by atoms with van der Waals surface area (Å²) in [5, 5.41) is 10.2. The average Bonchev–Trinajstić information content (AvgIpc) is 2.72. The summed E-state index contributed by atoms with van der Waals surface area (Å²) in [6.07, 6.45) is -0.385. The van der Waals surface area contributed by atoms with E-state index in [0.29, 0.717) is 5.57 Å². The third kappa shape index (κ3) is 1.11. The zero-order chi connectivity index (χ0) is 12.4. The fourth-order valence-corrected chi connectivity index (χ4v) is 2.94. The molecule has 0 bridgehead atoms. The van der Waals surface area contributed by atoms with Gasteiger partial charge >= 0.3 is 5.97 Å². The van der Waals surface area contributed by atoms with Gasteiger partial charge in [-0.05, 0) is 6.92 Å². The predicted octanol–water partition coefficient (Wildman–Crippen LogP) is -0.636. The number of esters is 1. The molecule has 1 aliphatic carbocycles. The molecule has 1 saturated carbocycles. The van der Waals surface area contributed by atoms with E-state index in [-0.39, 0.29) is 0 Å². The molecule has 0 amide bonds. The quantitative estimate of drug-likeness (QED) is 0.614. The van der Waals surface area contributed by atoms with E-state index in [4.69, 9.17) is 14.2 Å². The van der Waals surface area contributed by atoms with Crippen LogP contribution < -0.4 is 0 Å². The Labute approximate surface area is 97.1 Å². The van der Waals surface area contributed by atoms with Crippen LogP contribution in [0, 0.1) is 11.8 Å². The summed E-state index contributed by atoms with van der Waals surface area (Å²) in [6.45, 7) is 1.41. The fourth-order valence-electron chi connectivity index (χ4n) is 2.94. The van der Waals surface area contributed by atoms with Crippen molar-refractivity contribution in [2.45, 2.75) is 24.9 Å². The maximum absolute atomic E-state index is 12.0. The first kappa shape index (κ1) is 10.7. The van der Waals surface area contributed by atoms with Gasteiger partial charge in [-0.3, -0.25) is 4.79 Å². The van der Waals surface area contributed by atoms with Crippen molar-refractivity contribution >= 4 is 11.8 Å². The molecule has 1 saturated heterocycles. The summed E-state index contributed by atoms with van der Waals surface area (Å²) in [6, 6.07) is 0. The lowest BCUT2D eigenvalue weighted by molar-refractivity contribution is -0.181. The number of aliphatic hydroxyl groups is 1. The van der Waals surface area contributed by atoms with Gasteiger partial charge in [0.1, 0.15) is 5.60 Å². The normalized spacial score (nSPS) is 47.4. The summed E-state index contributed by atoms with van der Waals surface area (Å²) in [5.74, 6) is -2.12. The first-order valence-electron chi connectivity index (χ1n) is 5.34. The number of ketones is 1. The van der Waals surface area contributed by atoms with Gasteiger partial charge in [0.25, 0.3) is 0 Å². The van der Waals surface area contributed by atoms with Gasteiger partial charge in [0, 0.05) is 7.11 Å². The number of carbonyl (C=O) groups is 2. The zero-order valence-electron chi connectivity index (χ0n) is 9.38. The Kier molecular flexibility index (Phi) is 1.95. The lowest BCUT2D eigenvalue weighted by Gasteiger charge is -2.35. The molecular weight excluding hydrogens is 228 g/mol. The van der Waals surface area contributed by atoms with Crippen LogP contribution in [0.15, 0.2) is 11.8 Å². The Balaban J connectivity index is 2.12. The van der Waals surface area contributed by atoms with Crippen LogP contribution in [0.25, 0.3) is 0 Å². The number of hydrogen-bond acceptors (Lipinski definition) is 6. The Morgan fingerprint density at radius 2 is 2.18 bits per heavy atom. The van der Waals surface area contributed by atoms with Gasteiger partial charge in [0.05, 0.1) is 23.7 Å². The summed E-state index contributed by atoms with van der Waals surface area (Å²) in [7, 11) is 1.43. The van der Waals surface area contributed by atoms with E-state index >= 15 is 0 Å². The number of ether oxygens (including phenoxy) is 3. The van der Waals surface area contributed by atoms with Crippen LogP contribution in [0.4, 0.5) is 0 Å². The zero-order valence-corrected chi connectivity index (χ0v) is 9.38. The van der Waals surface area contributed by atoms with Crippen LogP contribution in [0.2, 0.25) is 0 Å². The molecule has 92 valence electrons. The molecule has 6 heteroatoms. The maximum atomic E-state index is 12.0. The van der Waals surface area contributed by atoms with Crippen molar-refractivity contribution in [3.05, 3.63) is 11.8 Å². The second kappa shape index (κ2) is 3.08. The van der Waals surface area contributed by atoms with Gasteiger partial charge in [-0.1, -0.05) is 0 Å². The Bertz CT molecular complexity index is 437. The molecule has 0 spiro atoms. The molecule has 0 radical (unpaired) electrons. The molecule has 0 aromatic carbocycles. The molecule has 2 heterocycles. The minimum atomic E-state index is -1.60. The Morgan fingerprint density at radius 3 is 2.82 bits per heavy atom. The smallest absolute Gasteiger partial charge is 0.338 e. The minimum absolute atomic E-state index is 0.305. The molecule has 2 aliphatic heterocycles. The van der Waals surface area contributed by atoms with Gasteiger partial charge < -0.3 is 19.3 Å². The van der Waals surface area contributed by atoms with Crippen molar-refractivity contribution < 1.29 is 28.9 Å². The lowest BCUT2D eigenvalue weighted by Crippen LogP contribution is -2.47. The molecule has 3 aliphatic rings. The minimum Gasteiger partial charge on any atom is -0.472 e. The van der Waals surface area contributed by atoms with Crippen molar-refractivity contribution in [3.63, 3.8) is 0 Å². The van der Waals surface area contributed by atoms with Crippen molar-refractivity contribution in [2.24, 2.45) is 11.8 Å². The number of hydrogen-bond donors (Lipinski definition) is 1. The van der Waals surface area contributed by atoms with E-state index < -0.39 is 41.6 Å². The third-order valence-electron chi connectivity index (χ3n) is 3.80. The van der Waals surface area contributed by atoms with Gasteiger partial charge in [-0.2, -0.15) is 0 Å². The Hall–Kier alpha value is -1.40. The van der Waals surface area contributed by atoms with Crippen molar-refractivity contribution in [1.29, 1.82) is 0 Å². The van der Waals surface area contributed by atoms with Crippen LogP contribution in [0.3, 0.4) is 0 Å². The molecule has 6 nitrogen and oxygen atoms in total. The molecule has 1 N–H and O–H groups in total. The molecule has 3 rings (SSSR count). The van der Waals surface area contributed by atoms with E-state index in [1.165, 1.54) is 20.3 Å². The van der Waals surface area contributed by atoms with Crippen LogP contribution in [0.1, 0.15) is 6.92 Å². The highest BCUT2D eigenvalue weighted by Gasteiger charge is 2.68. The number of Topliss-reactive ketones (excluding diaryl/α,β-unsaturated/α-hetero) is 1. The van der Waals surface area contributed by atoms with Crippen LogP contribution in [0.5, 0.6) is 0 Å². The molecule has 0 aromatic heterocycles. The monoisotopic (exact) mass is 240 g/mol. The summed E-state index contributed by atoms with van der Waals surface area (Å²) < 4.78 is 15.3. The van der Waals surface area contributed by atoms with Crippen LogP contribution in [-0.2, 0) is 23.8 Å². The molecule has 2 fully saturated rings. The molecule has 17 heavy (non-hydrogen) atoms.